The number of piperazine rings is 1. The van der Waals surface area contributed by atoms with Gasteiger partial charge in [0.15, 0.2) is 12.0 Å². The van der Waals surface area contributed by atoms with Crippen LogP contribution < -0.4 is 19.8 Å². The van der Waals surface area contributed by atoms with Crippen LogP contribution in [0.2, 0.25) is 5.02 Å². The SMILES string of the molecule is COC1(C)CCC(c2ccc(Cl)cc2)=C(CN2CCN(c3ccc(C(=O)NS(=O)(=O)c4ccc(N[C@H]5COCCO5)c([N+](=O)[O-])c4)c(N4CCCC(=O)c5nc6[nH]ccc6cc54)c3)CC2)C1. The number of carbonyl (C=O) groups excluding carboxylic acids is 2. The summed E-state index contributed by atoms with van der Waals surface area (Å²) < 4.78 is 47.0. The minimum absolute atomic E-state index is 0.0258. The highest BCUT2D eigenvalue weighted by molar-refractivity contribution is 7.90. The van der Waals surface area contributed by atoms with E-state index in [1.165, 1.54) is 28.8 Å². The molecular weight excluding hydrogens is 888 g/mol. The maximum atomic E-state index is 14.4. The second-order valence-electron chi connectivity index (χ2n) is 17.3. The van der Waals surface area contributed by atoms with Gasteiger partial charge in [-0.25, -0.2) is 18.1 Å². The van der Waals surface area contributed by atoms with Gasteiger partial charge in [0.25, 0.3) is 21.6 Å². The molecule has 0 bridgehead atoms. The van der Waals surface area contributed by atoms with Crippen molar-refractivity contribution in [2.75, 3.05) is 81.3 Å². The number of allylic oxidation sites excluding steroid dienone is 1. The number of ketones is 1. The van der Waals surface area contributed by atoms with Crippen molar-refractivity contribution < 1.29 is 37.1 Å². The average Bonchev–Trinajstić information content (AvgIpc) is 3.72. The van der Waals surface area contributed by atoms with Crippen molar-refractivity contribution >= 4 is 78.4 Å². The molecule has 346 valence electrons. The molecule has 4 aliphatic rings. The van der Waals surface area contributed by atoms with Gasteiger partial charge in [0, 0.05) is 81.2 Å². The van der Waals surface area contributed by atoms with Gasteiger partial charge in [0.2, 0.25) is 0 Å². The smallest absolute Gasteiger partial charge is 0.293 e. The van der Waals surface area contributed by atoms with Crippen LogP contribution in [0.1, 0.15) is 65.4 Å². The molecule has 0 spiro atoms. The molecule has 9 rings (SSSR count). The first-order chi connectivity index (χ1) is 31.8. The maximum Gasteiger partial charge on any atom is 0.293 e. The molecule has 2 aromatic heterocycles. The third kappa shape index (κ3) is 9.52. The number of H-pyrrole nitrogens is 1. The van der Waals surface area contributed by atoms with Gasteiger partial charge in [-0.2, -0.15) is 0 Å². The van der Waals surface area contributed by atoms with Crippen LogP contribution in [0.3, 0.4) is 0 Å². The van der Waals surface area contributed by atoms with Crippen LogP contribution >= 0.6 is 11.6 Å². The van der Waals surface area contributed by atoms with E-state index >= 15 is 0 Å². The Bertz CT molecular complexity index is 2820. The number of nitrogens with one attached hydrogen (secondary N) is 3. The summed E-state index contributed by atoms with van der Waals surface area (Å²) in [6.07, 6.45) is 4.38. The molecule has 2 saturated heterocycles. The van der Waals surface area contributed by atoms with Gasteiger partial charge in [-0.1, -0.05) is 23.7 Å². The predicted octanol–water partition coefficient (Wildman–Crippen LogP) is 7.31. The van der Waals surface area contributed by atoms with Crippen molar-refractivity contribution in [3.05, 3.63) is 117 Å². The molecule has 1 aliphatic carbocycles. The normalized spacial score (nSPS) is 20.8. The Morgan fingerprint density at radius 2 is 1.82 bits per heavy atom. The van der Waals surface area contributed by atoms with E-state index in [1.54, 1.807) is 25.4 Å². The molecule has 66 heavy (non-hydrogen) atoms. The largest absolute Gasteiger partial charge is 0.378 e. The number of rotatable bonds is 12. The Labute approximate surface area is 387 Å². The molecule has 3 aliphatic heterocycles. The number of benzene rings is 3. The maximum absolute atomic E-state index is 14.4. The van der Waals surface area contributed by atoms with Crippen molar-refractivity contribution in [3.63, 3.8) is 0 Å². The lowest BCUT2D eigenvalue weighted by Crippen LogP contribution is -2.47. The number of methoxy groups -OCH3 is 1. The number of hydrogen-bond donors (Lipinski definition) is 3. The summed E-state index contributed by atoms with van der Waals surface area (Å²) in [6, 6.07) is 20.3. The van der Waals surface area contributed by atoms with Crippen LogP contribution in [-0.4, -0.2) is 118 Å². The van der Waals surface area contributed by atoms with E-state index in [1.807, 2.05) is 35.2 Å². The number of amides is 1. The van der Waals surface area contributed by atoms with Gasteiger partial charge >= 0.3 is 0 Å². The van der Waals surface area contributed by atoms with E-state index < -0.39 is 37.7 Å². The summed E-state index contributed by atoms with van der Waals surface area (Å²) in [5, 5.41) is 16.5. The van der Waals surface area contributed by atoms with E-state index in [9.17, 15) is 28.1 Å². The van der Waals surface area contributed by atoms with E-state index in [4.69, 9.17) is 30.8 Å². The molecule has 3 aromatic carbocycles. The lowest BCUT2D eigenvalue weighted by atomic mass is 9.79. The van der Waals surface area contributed by atoms with Gasteiger partial charge in [-0.05, 0) is 104 Å². The van der Waals surface area contributed by atoms with Crippen molar-refractivity contribution in [1.82, 2.24) is 19.6 Å². The molecule has 0 saturated carbocycles. The number of nitro benzene ring substituents is 1. The second-order valence-corrected chi connectivity index (χ2v) is 19.4. The number of pyridine rings is 1. The van der Waals surface area contributed by atoms with E-state index in [2.05, 4.69) is 43.9 Å². The van der Waals surface area contributed by atoms with E-state index in [-0.39, 0.29) is 48.0 Å². The number of nitrogens with zero attached hydrogens (tertiary/aromatic N) is 5. The summed E-state index contributed by atoms with van der Waals surface area (Å²) in [6.45, 7) is 6.98. The molecule has 17 nitrogen and oxygen atoms in total. The minimum Gasteiger partial charge on any atom is -0.378 e. The third-order valence-electron chi connectivity index (χ3n) is 13.0. The molecule has 3 N–H and O–H groups in total. The zero-order valence-corrected chi connectivity index (χ0v) is 38.3. The highest BCUT2D eigenvalue weighted by atomic mass is 35.5. The van der Waals surface area contributed by atoms with Crippen LogP contribution in [0.5, 0.6) is 0 Å². The van der Waals surface area contributed by atoms with Crippen molar-refractivity contribution in [1.29, 1.82) is 0 Å². The molecule has 2 fully saturated rings. The van der Waals surface area contributed by atoms with Crippen molar-refractivity contribution in [2.24, 2.45) is 0 Å². The molecule has 5 aromatic rings. The first-order valence-electron chi connectivity index (χ1n) is 22.0. The standard InChI is InChI=1S/C47H51ClN8O9S/c1-47(63-2)15-13-36(30-5-7-33(48)8-6-30)32(27-47)28-53-18-20-54(21-19-53)34-9-11-37(39(25-34)55-17-3-4-42(57)44-41(55)24-31-14-16-49-45(31)51-44)46(58)52-66(61,62)35-10-12-38(40(26-35)56(59)60)50-43-29-64-22-23-65-43/h5-12,14,16,24-26,43,50H,3-4,13,15,17-23,27-29H2,1-2H3,(H,49,51)(H,52,58)/t43-,47?/m1/s1. The number of aromatic nitrogens is 2. The van der Waals surface area contributed by atoms with Crippen LogP contribution in [-0.2, 0) is 24.2 Å². The van der Waals surface area contributed by atoms with Crippen molar-refractivity contribution in [2.45, 2.75) is 55.8 Å². The van der Waals surface area contributed by atoms with Gasteiger partial charge in [0.1, 0.15) is 17.0 Å². The highest BCUT2D eigenvalue weighted by Crippen LogP contribution is 2.41. The Kier molecular flexibility index (Phi) is 12.9. The topological polar surface area (TPSA) is 202 Å². The third-order valence-corrected chi connectivity index (χ3v) is 14.5. The van der Waals surface area contributed by atoms with Gasteiger partial charge < -0.3 is 34.3 Å². The first-order valence-corrected chi connectivity index (χ1v) is 23.9. The fourth-order valence-electron chi connectivity index (χ4n) is 9.30. The van der Waals surface area contributed by atoms with Crippen LogP contribution in [0.4, 0.5) is 28.4 Å². The summed E-state index contributed by atoms with van der Waals surface area (Å²) >= 11 is 6.26. The zero-order valence-electron chi connectivity index (χ0n) is 36.7. The van der Waals surface area contributed by atoms with Gasteiger partial charge in [-0.3, -0.25) is 24.6 Å². The Morgan fingerprint density at radius 3 is 2.56 bits per heavy atom. The molecule has 19 heteroatoms. The van der Waals surface area contributed by atoms with Crippen LogP contribution in [0.15, 0.2) is 89.5 Å². The van der Waals surface area contributed by atoms with E-state index in [0.29, 0.717) is 54.7 Å². The Morgan fingerprint density at radius 1 is 1.02 bits per heavy atom. The lowest BCUT2D eigenvalue weighted by molar-refractivity contribution is -0.384. The molecule has 1 unspecified atom stereocenters. The number of nitro groups is 1. The first kappa shape index (κ1) is 45.3. The second kappa shape index (κ2) is 18.8. The number of sulfonamides is 1. The Balaban J connectivity index is 1.01. The number of halogens is 1. The number of carbonyl (C=O) groups is 2. The number of Topliss-reactive ketones (excluding diaryl/α,β-unsaturated/α-hetero) is 1. The monoisotopic (exact) mass is 938 g/mol. The molecular formula is C47H51ClN8O9S. The van der Waals surface area contributed by atoms with Gasteiger partial charge in [0.05, 0.1) is 52.2 Å². The number of anilines is 4. The van der Waals surface area contributed by atoms with E-state index in [0.717, 1.165) is 56.0 Å². The number of aromatic amines is 1. The van der Waals surface area contributed by atoms with Crippen LogP contribution in [0.25, 0.3) is 16.6 Å². The number of fused-ring (bicyclic) bond motifs is 2. The number of hydrogen-bond acceptors (Lipinski definition) is 14. The summed E-state index contributed by atoms with van der Waals surface area (Å²) in [5.74, 6) is -1.10. The Hall–Kier alpha value is -5.89. The number of ether oxygens (including phenoxy) is 3. The predicted molar refractivity (Wildman–Crippen MR) is 251 cm³/mol. The summed E-state index contributed by atoms with van der Waals surface area (Å²) in [7, 11) is -2.87. The fourth-order valence-corrected chi connectivity index (χ4v) is 10.4. The van der Waals surface area contributed by atoms with Crippen molar-refractivity contribution in [3.8, 4) is 0 Å². The van der Waals surface area contributed by atoms with Crippen LogP contribution in [0, 0.1) is 10.1 Å². The molecule has 1 amide bonds. The lowest BCUT2D eigenvalue weighted by Gasteiger charge is -2.40. The minimum atomic E-state index is -4.65. The molecule has 2 atom stereocenters. The average molecular weight is 939 g/mol. The zero-order chi connectivity index (χ0) is 46.2. The quantitative estimate of drug-likeness (QED) is 0.0831. The summed E-state index contributed by atoms with van der Waals surface area (Å²) in [4.78, 5) is 53.2. The molecule has 5 heterocycles. The molecule has 0 radical (unpaired) electrons. The fraction of sp³-hybridized carbons (Fsp3) is 0.383. The summed E-state index contributed by atoms with van der Waals surface area (Å²) in [5.41, 5.74) is 5.61. The van der Waals surface area contributed by atoms with Gasteiger partial charge in [-0.15, -0.1) is 0 Å². The highest BCUT2D eigenvalue weighted by Gasteiger charge is 2.34.